The zero-order valence-corrected chi connectivity index (χ0v) is 13.6. The number of para-hydroxylation sites is 1. The van der Waals surface area contributed by atoms with Crippen LogP contribution in [0, 0.1) is 0 Å². The predicted octanol–water partition coefficient (Wildman–Crippen LogP) is 3.10. The fourth-order valence-corrected chi connectivity index (χ4v) is 2.70. The zero-order valence-electron chi connectivity index (χ0n) is 12.8. The van der Waals surface area contributed by atoms with Gasteiger partial charge in [0.2, 0.25) is 5.91 Å². The molecule has 23 heavy (non-hydrogen) atoms. The van der Waals surface area contributed by atoms with Gasteiger partial charge < -0.3 is 10.6 Å². The molecule has 2 aromatic rings. The van der Waals surface area contributed by atoms with Crippen LogP contribution < -0.4 is 10.6 Å². The highest BCUT2D eigenvalue weighted by atomic mass is 32.1. The molecular formula is C17H18N2O3S. The quantitative estimate of drug-likeness (QED) is 0.605. The van der Waals surface area contributed by atoms with E-state index in [9.17, 15) is 14.4 Å². The van der Waals surface area contributed by atoms with E-state index in [2.05, 4.69) is 10.6 Å². The summed E-state index contributed by atoms with van der Waals surface area (Å²) in [6, 6.07) is 10.5. The lowest BCUT2D eigenvalue weighted by molar-refractivity contribution is -0.116. The van der Waals surface area contributed by atoms with Gasteiger partial charge in [-0.2, -0.15) is 0 Å². The second-order valence-corrected chi connectivity index (χ2v) is 5.93. The van der Waals surface area contributed by atoms with Crippen molar-refractivity contribution in [1.29, 1.82) is 0 Å². The van der Waals surface area contributed by atoms with E-state index in [1.165, 1.54) is 18.3 Å². The molecule has 1 aromatic carbocycles. The SMILES string of the molecule is CC(=O)c1ccccc1NC(=O)CCCNC(=O)c1cccs1. The third kappa shape index (κ3) is 5.03. The zero-order chi connectivity index (χ0) is 16.7. The monoisotopic (exact) mass is 330 g/mol. The molecule has 2 N–H and O–H groups in total. The van der Waals surface area contributed by atoms with Gasteiger partial charge in [0.15, 0.2) is 5.78 Å². The van der Waals surface area contributed by atoms with E-state index in [0.29, 0.717) is 29.1 Å². The van der Waals surface area contributed by atoms with Crippen LogP contribution in [-0.2, 0) is 4.79 Å². The number of carbonyl (C=O) groups excluding carboxylic acids is 3. The van der Waals surface area contributed by atoms with Gasteiger partial charge in [0.1, 0.15) is 0 Å². The van der Waals surface area contributed by atoms with Crippen LogP contribution in [0.15, 0.2) is 41.8 Å². The van der Waals surface area contributed by atoms with E-state index < -0.39 is 0 Å². The molecule has 2 rings (SSSR count). The largest absolute Gasteiger partial charge is 0.351 e. The second kappa shape index (κ2) is 8.24. The summed E-state index contributed by atoms with van der Waals surface area (Å²) in [5, 5.41) is 7.35. The topological polar surface area (TPSA) is 75.3 Å². The number of rotatable bonds is 7. The molecule has 0 unspecified atom stereocenters. The van der Waals surface area contributed by atoms with Gasteiger partial charge in [-0.1, -0.05) is 18.2 Å². The van der Waals surface area contributed by atoms with Gasteiger partial charge in [0.05, 0.1) is 10.6 Å². The van der Waals surface area contributed by atoms with E-state index in [0.717, 1.165) is 0 Å². The van der Waals surface area contributed by atoms with E-state index in [-0.39, 0.29) is 24.0 Å². The third-order valence-corrected chi connectivity index (χ3v) is 4.06. The summed E-state index contributed by atoms with van der Waals surface area (Å²) in [5.74, 6) is -0.393. The minimum absolute atomic E-state index is 0.0934. The Morgan fingerprint density at radius 2 is 1.87 bits per heavy atom. The standard InChI is InChI=1S/C17H18N2O3S/c1-12(20)13-6-2-3-7-14(13)19-16(21)9-4-10-18-17(22)15-8-5-11-23-15/h2-3,5-8,11H,4,9-10H2,1H3,(H,18,22)(H,19,21). The number of nitrogens with one attached hydrogen (secondary N) is 2. The van der Waals surface area contributed by atoms with Crippen molar-refractivity contribution in [2.45, 2.75) is 19.8 Å². The molecule has 0 saturated heterocycles. The fourth-order valence-electron chi connectivity index (χ4n) is 2.06. The van der Waals surface area contributed by atoms with Gasteiger partial charge in [-0.3, -0.25) is 14.4 Å². The Labute approximate surface area is 138 Å². The predicted molar refractivity (Wildman–Crippen MR) is 91.0 cm³/mol. The molecule has 0 spiro atoms. The Morgan fingerprint density at radius 1 is 1.09 bits per heavy atom. The number of anilines is 1. The van der Waals surface area contributed by atoms with Crippen molar-refractivity contribution in [3.8, 4) is 0 Å². The van der Waals surface area contributed by atoms with Crippen LogP contribution in [0.5, 0.6) is 0 Å². The molecule has 1 aromatic heterocycles. The minimum atomic E-state index is -0.177. The molecule has 0 radical (unpaired) electrons. The fraction of sp³-hybridized carbons (Fsp3) is 0.235. The summed E-state index contributed by atoms with van der Waals surface area (Å²) < 4.78 is 0. The molecule has 6 heteroatoms. The maximum atomic E-state index is 11.9. The average molecular weight is 330 g/mol. The van der Waals surface area contributed by atoms with Gasteiger partial charge in [-0.15, -0.1) is 11.3 Å². The first-order chi connectivity index (χ1) is 11.1. The number of amides is 2. The van der Waals surface area contributed by atoms with E-state index in [1.54, 1.807) is 30.3 Å². The van der Waals surface area contributed by atoms with Crippen LogP contribution in [0.3, 0.4) is 0 Å². The number of carbonyl (C=O) groups is 3. The molecule has 0 saturated carbocycles. The molecule has 0 fully saturated rings. The van der Waals surface area contributed by atoms with Gasteiger partial charge in [0, 0.05) is 18.5 Å². The minimum Gasteiger partial charge on any atom is -0.351 e. The normalized spacial score (nSPS) is 10.1. The van der Waals surface area contributed by atoms with Crippen molar-refractivity contribution in [2.75, 3.05) is 11.9 Å². The van der Waals surface area contributed by atoms with E-state index in [1.807, 2.05) is 11.4 Å². The van der Waals surface area contributed by atoms with Crippen molar-refractivity contribution in [2.24, 2.45) is 0 Å². The first-order valence-corrected chi connectivity index (χ1v) is 8.17. The summed E-state index contributed by atoms with van der Waals surface area (Å²) in [7, 11) is 0. The van der Waals surface area contributed by atoms with E-state index in [4.69, 9.17) is 0 Å². The van der Waals surface area contributed by atoms with E-state index >= 15 is 0 Å². The summed E-state index contributed by atoms with van der Waals surface area (Å²) in [6.45, 7) is 1.89. The Balaban J connectivity index is 1.76. The highest BCUT2D eigenvalue weighted by molar-refractivity contribution is 7.12. The van der Waals surface area contributed by atoms with Crippen molar-refractivity contribution in [3.05, 3.63) is 52.2 Å². The molecule has 1 heterocycles. The Kier molecular flexibility index (Phi) is 6.05. The molecular weight excluding hydrogens is 312 g/mol. The molecule has 120 valence electrons. The van der Waals surface area contributed by atoms with Gasteiger partial charge >= 0.3 is 0 Å². The number of benzene rings is 1. The number of ketones is 1. The lowest BCUT2D eigenvalue weighted by atomic mass is 10.1. The second-order valence-electron chi connectivity index (χ2n) is 4.99. The van der Waals surface area contributed by atoms with Crippen LogP contribution in [0.1, 0.15) is 39.8 Å². The van der Waals surface area contributed by atoms with Gasteiger partial charge in [-0.25, -0.2) is 0 Å². The van der Waals surface area contributed by atoms with Crippen molar-refractivity contribution >= 4 is 34.6 Å². The van der Waals surface area contributed by atoms with Crippen LogP contribution in [0.2, 0.25) is 0 Å². The van der Waals surface area contributed by atoms with Crippen molar-refractivity contribution in [3.63, 3.8) is 0 Å². The van der Waals surface area contributed by atoms with Gasteiger partial charge in [0.25, 0.3) is 5.91 Å². The highest BCUT2D eigenvalue weighted by Gasteiger charge is 2.10. The molecule has 2 amide bonds. The number of thiophene rings is 1. The van der Waals surface area contributed by atoms with Crippen molar-refractivity contribution < 1.29 is 14.4 Å². The van der Waals surface area contributed by atoms with Gasteiger partial charge in [-0.05, 0) is 36.9 Å². The Bertz CT molecular complexity index is 696. The summed E-state index contributed by atoms with van der Waals surface area (Å²) in [6.07, 6.45) is 0.808. The smallest absolute Gasteiger partial charge is 0.261 e. The van der Waals surface area contributed by atoms with Crippen LogP contribution >= 0.6 is 11.3 Å². The first kappa shape index (κ1) is 16.9. The Morgan fingerprint density at radius 3 is 2.57 bits per heavy atom. The third-order valence-electron chi connectivity index (χ3n) is 3.19. The lowest BCUT2D eigenvalue weighted by Gasteiger charge is -2.09. The maximum absolute atomic E-state index is 11.9. The Hall–Kier alpha value is -2.47. The molecule has 0 aliphatic carbocycles. The highest BCUT2D eigenvalue weighted by Crippen LogP contribution is 2.16. The summed E-state index contributed by atoms with van der Waals surface area (Å²) in [5.41, 5.74) is 1.01. The maximum Gasteiger partial charge on any atom is 0.261 e. The van der Waals surface area contributed by atoms with Crippen LogP contribution in [0.4, 0.5) is 5.69 Å². The molecule has 5 nitrogen and oxygen atoms in total. The van der Waals surface area contributed by atoms with Crippen LogP contribution in [0.25, 0.3) is 0 Å². The molecule has 0 bridgehead atoms. The summed E-state index contributed by atoms with van der Waals surface area (Å²) >= 11 is 1.38. The molecule has 0 aliphatic rings. The lowest BCUT2D eigenvalue weighted by Crippen LogP contribution is -2.24. The molecule has 0 aliphatic heterocycles. The van der Waals surface area contributed by atoms with Crippen molar-refractivity contribution in [1.82, 2.24) is 5.32 Å². The number of Topliss-reactive ketones (excluding diaryl/α,β-unsaturated/α-hetero) is 1. The molecule has 0 atom stereocenters. The average Bonchev–Trinajstić information content (AvgIpc) is 3.06. The number of hydrogen-bond acceptors (Lipinski definition) is 4. The van der Waals surface area contributed by atoms with Crippen LogP contribution in [-0.4, -0.2) is 24.1 Å². The summed E-state index contributed by atoms with van der Waals surface area (Å²) in [4.78, 5) is 35.8. The number of hydrogen-bond donors (Lipinski definition) is 2. The first-order valence-electron chi connectivity index (χ1n) is 7.29.